The second-order valence-electron chi connectivity index (χ2n) is 20.6. The average Bonchev–Trinajstić information content (AvgIpc) is 3.83. The summed E-state index contributed by atoms with van der Waals surface area (Å²) in [6, 6.07) is 6.01. The summed E-state index contributed by atoms with van der Waals surface area (Å²) in [6.45, 7) is 19.0. The van der Waals surface area contributed by atoms with Crippen molar-refractivity contribution in [3.8, 4) is 0 Å². The molecule has 4 aliphatic rings. The van der Waals surface area contributed by atoms with Gasteiger partial charge in [-0.1, -0.05) is 32.9 Å². The van der Waals surface area contributed by atoms with Gasteiger partial charge in [0.2, 0.25) is 5.91 Å². The molecular weight excluding hydrogens is 881 g/mol. The van der Waals surface area contributed by atoms with Crippen LogP contribution in [0, 0.1) is 17.8 Å². The first-order valence-corrected chi connectivity index (χ1v) is 24.4. The monoisotopic (exact) mass is 961 g/mol. The van der Waals surface area contributed by atoms with Crippen LogP contribution in [0.2, 0.25) is 0 Å². The molecule has 4 N–H and O–H groups in total. The molecule has 2 amide bonds. The average molecular weight is 961 g/mol. The van der Waals surface area contributed by atoms with Crippen LogP contribution in [0.1, 0.15) is 101 Å². The molecule has 19 heteroatoms. The minimum absolute atomic E-state index is 0.114. The first-order chi connectivity index (χ1) is 32.0. The Morgan fingerprint density at radius 1 is 0.956 bits per heavy atom. The van der Waals surface area contributed by atoms with Gasteiger partial charge in [0.05, 0.1) is 64.9 Å². The molecule has 0 aliphatic carbocycles. The van der Waals surface area contributed by atoms with Crippen molar-refractivity contribution in [3.63, 3.8) is 0 Å². The number of carbonyl (C=O) groups is 3. The molecule has 4 fully saturated rings. The zero-order chi connectivity index (χ0) is 50.0. The van der Waals surface area contributed by atoms with Crippen LogP contribution < -0.4 is 10.7 Å². The number of esters is 1. The lowest BCUT2D eigenvalue weighted by molar-refractivity contribution is -0.319. The third-order valence-electron chi connectivity index (χ3n) is 15.3. The Kier molecular flexibility index (Phi) is 17.3. The summed E-state index contributed by atoms with van der Waals surface area (Å²) in [7, 11) is 6.84. The number of rotatable bonds is 13. The number of amides is 2. The topological polar surface area (TPSA) is 214 Å². The van der Waals surface area contributed by atoms with Crippen LogP contribution in [-0.2, 0) is 54.0 Å². The fraction of sp³-hybridized carbons (Fsp3) is 0.796. The van der Waals surface area contributed by atoms with Gasteiger partial charge >= 0.3 is 12.1 Å². The second kappa shape index (κ2) is 21.9. The summed E-state index contributed by atoms with van der Waals surface area (Å²) >= 11 is 0. The van der Waals surface area contributed by atoms with Gasteiger partial charge in [-0.15, -0.1) is 0 Å². The minimum Gasteiger partial charge on any atom is -0.458 e. The summed E-state index contributed by atoms with van der Waals surface area (Å²) < 4.78 is 53.6. The number of para-hydroxylation sites is 2. The van der Waals surface area contributed by atoms with Crippen molar-refractivity contribution in [1.82, 2.24) is 30.2 Å². The number of imidazole rings is 1. The predicted octanol–water partition coefficient (Wildman–Crippen LogP) is 4.15. The highest BCUT2D eigenvalue weighted by atomic mass is 16.7. The number of aryl methyl sites for hydroxylation is 1. The van der Waals surface area contributed by atoms with E-state index in [-0.39, 0.29) is 37.3 Å². The molecule has 2 aromatic rings. The van der Waals surface area contributed by atoms with Gasteiger partial charge in [-0.3, -0.25) is 9.59 Å². The quantitative estimate of drug-likeness (QED) is 0.164. The number of hydrogen-bond acceptors (Lipinski definition) is 16. The van der Waals surface area contributed by atoms with Gasteiger partial charge in [-0.25, -0.2) is 20.2 Å². The van der Waals surface area contributed by atoms with E-state index < -0.39 is 108 Å². The zero-order valence-electron chi connectivity index (χ0n) is 42.7. The normalized spacial score (nSPS) is 41.2. The first kappa shape index (κ1) is 53.8. The fourth-order valence-corrected chi connectivity index (χ4v) is 11.2. The van der Waals surface area contributed by atoms with Gasteiger partial charge in [0, 0.05) is 51.6 Å². The molecule has 19 nitrogen and oxygen atoms in total. The van der Waals surface area contributed by atoms with Crippen molar-refractivity contribution in [3.05, 3.63) is 30.6 Å². The lowest BCUT2D eigenvalue weighted by Gasteiger charge is -2.49. The van der Waals surface area contributed by atoms with Crippen LogP contribution in [0.25, 0.3) is 11.0 Å². The van der Waals surface area contributed by atoms with Crippen LogP contribution in [0.5, 0.6) is 0 Å². The van der Waals surface area contributed by atoms with E-state index in [4.69, 9.17) is 37.9 Å². The first-order valence-electron chi connectivity index (χ1n) is 24.4. The van der Waals surface area contributed by atoms with E-state index in [0.29, 0.717) is 25.9 Å². The number of benzene rings is 1. The number of nitrogens with zero attached hydrogens (tertiary/aromatic N) is 4. The summed E-state index contributed by atoms with van der Waals surface area (Å²) in [6.07, 6.45) is -5.35. The van der Waals surface area contributed by atoms with Crippen LogP contribution in [0.15, 0.2) is 30.6 Å². The van der Waals surface area contributed by atoms with Crippen LogP contribution in [0.4, 0.5) is 4.79 Å². The number of likely N-dealkylation sites (N-methyl/N-ethyl adjacent to an activating group) is 1. The molecule has 384 valence electrons. The predicted molar refractivity (Wildman–Crippen MR) is 251 cm³/mol. The fourth-order valence-electron chi connectivity index (χ4n) is 11.2. The van der Waals surface area contributed by atoms with Crippen molar-refractivity contribution in [2.45, 2.75) is 198 Å². The third kappa shape index (κ3) is 11.0. The van der Waals surface area contributed by atoms with Gasteiger partial charge in [-0.05, 0) is 100 Å². The summed E-state index contributed by atoms with van der Waals surface area (Å²) in [5.74, 6) is -3.44. The number of aliphatic hydroxyl groups excluding tert-OH is 2. The number of ether oxygens (including phenoxy) is 8. The van der Waals surface area contributed by atoms with E-state index in [0.717, 1.165) is 11.0 Å². The smallest absolute Gasteiger partial charge is 0.425 e. The van der Waals surface area contributed by atoms with E-state index in [2.05, 4.69) is 20.3 Å². The molecule has 1 unspecified atom stereocenters. The Balaban J connectivity index is 1.38. The molecule has 4 aliphatic heterocycles. The molecule has 6 rings (SSSR count). The minimum atomic E-state index is -1.45. The lowest BCUT2D eigenvalue weighted by atomic mass is 9.77. The largest absolute Gasteiger partial charge is 0.458 e. The van der Waals surface area contributed by atoms with Crippen LogP contribution >= 0.6 is 0 Å². The Bertz CT molecular complexity index is 2030. The Labute approximate surface area is 402 Å². The van der Waals surface area contributed by atoms with Crippen molar-refractivity contribution in [1.29, 1.82) is 0 Å². The number of nitrogens with one attached hydrogen (secondary N) is 2. The SMILES string of the molecule is CC[C@H]1OC(=O)[C@H](C)[C@@H](O[C@H]2C[C@@](C)(OC)[C@@H](O)[C@H](C)O2)[C@H](C)[C@@H](O[C@@H]2O[C@H](C)C[C@H](N(C)C)[C@H]2O)[C@@](C)(OC)C[C@@H](C)C(=O)NC(C)[C@H]2N(NCCCn3cnc4ccccc43)C(=O)O[C@]12C. The number of aliphatic hydroxyl groups is 2. The maximum atomic E-state index is 15.0. The highest BCUT2D eigenvalue weighted by Crippen LogP contribution is 2.42. The number of aromatic nitrogens is 2. The van der Waals surface area contributed by atoms with Crippen molar-refractivity contribution < 1.29 is 62.5 Å². The highest BCUT2D eigenvalue weighted by molar-refractivity contribution is 5.79. The molecule has 0 bridgehead atoms. The zero-order valence-corrected chi connectivity index (χ0v) is 42.7. The van der Waals surface area contributed by atoms with Gasteiger partial charge in [0.15, 0.2) is 18.2 Å². The van der Waals surface area contributed by atoms with E-state index in [1.54, 1.807) is 40.9 Å². The van der Waals surface area contributed by atoms with Gasteiger partial charge in [0.1, 0.15) is 24.4 Å². The molecule has 0 radical (unpaired) electrons. The number of hydrogen-bond donors (Lipinski definition) is 4. The van der Waals surface area contributed by atoms with Crippen LogP contribution in [-0.4, -0.2) is 173 Å². The lowest BCUT2D eigenvalue weighted by Crippen LogP contribution is -2.63. The van der Waals surface area contributed by atoms with E-state index in [1.165, 1.54) is 19.2 Å². The second-order valence-corrected chi connectivity index (χ2v) is 20.6. The number of fused-ring (bicyclic) bond motifs is 2. The highest BCUT2D eigenvalue weighted by Gasteiger charge is 2.60. The van der Waals surface area contributed by atoms with E-state index in [9.17, 15) is 24.6 Å². The number of hydrazine groups is 1. The molecule has 18 atom stereocenters. The molecular formula is C49H80N6O13. The van der Waals surface area contributed by atoms with Crippen molar-refractivity contribution in [2.75, 3.05) is 34.9 Å². The molecule has 4 saturated heterocycles. The van der Waals surface area contributed by atoms with Crippen molar-refractivity contribution in [2.24, 2.45) is 17.8 Å². The van der Waals surface area contributed by atoms with E-state index in [1.807, 2.05) is 77.9 Å². The van der Waals surface area contributed by atoms with Crippen molar-refractivity contribution >= 4 is 29.0 Å². The van der Waals surface area contributed by atoms with Gasteiger partial charge < -0.3 is 62.9 Å². The van der Waals surface area contributed by atoms with E-state index >= 15 is 0 Å². The number of carbonyl (C=O) groups excluding carboxylic acids is 3. The summed E-state index contributed by atoms with van der Waals surface area (Å²) in [5.41, 5.74) is 1.40. The Hall–Kier alpha value is -3.50. The van der Waals surface area contributed by atoms with Crippen LogP contribution in [0.3, 0.4) is 0 Å². The molecule has 0 spiro atoms. The maximum absolute atomic E-state index is 15.0. The maximum Gasteiger partial charge on any atom is 0.425 e. The Morgan fingerprint density at radius 3 is 2.31 bits per heavy atom. The molecule has 68 heavy (non-hydrogen) atoms. The van der Waals surface area contributed by atoms with Gasteiger partial charge in [0.25, 0.3) is 0 Å². The molecule has 5 heterocycles. The molecule has 0 saturated carbocycles. The van der Waals surface area contributed by atoms with Gasteiger partial charge in [-0.2, -0.15) is 0 Å². The summed E-state index contributed by atoms with van der Waals surface area (Å²) in [5, 5.41) is 27.5. The Morgan fingerprint density at radius 2 is 1.65 bits per heavy atom. The summed E-state index contributed by atoms with van der Waals surface area (Å²) in [4.78, 5) is 50.0. The standard InChI is InChI=1S/C49H80N6O13/c1-15-36-49(10)40(55(46(60)68-49)51-21-18-22-54-26-50-33-19-16-17-20-34(33)54)31(6)52-43(58)27(2)24-48(9,62-14)42(67-45-38(56)35(53(11)12)23-28(3)63-45)29(4)39(30(5)44(59)65-36)66-37-25-47(8,61-13)41(57)32(7)64-37/h16-17,19-20,26-32,35-42,45,51,56-57H,15,18,21-25H2,1-14H3,(H,52,58)/t27-,28-,29+,30-,31?,32+,35+,36-,37+,38-,39+,40-,41+,42-,45+,47-,48+,49-/m1/s1. The molecule has 1 aromatic heterocycles. The number of cyclic esters (lactones) is 1. The molecule has 1 aromatic carbocycles. The third-order valence-corrected chi connectivity index (χ3v) is 15.3. The number of methoxy groups -OCH3 is 2.